The van der Waals surface area contributed by atoms with E-state index in [1.54, 1.807) is 6.08 Å². The number of halogens is 3. The molecule has 0 unspecified atom stereocenters. The van der Waals surface area contributed by atoms with E-state index in [-0.39, 0.29) is 5.91 Å². The first-order valence-corrected chi connectivity index (χ1v) is 11.3. The molecule has 0 bridgehead atoms. The third-order valence-electron chi connectivity index (χ3n) is 5.65. The number of nitrogens with zero attached hydrogens (tertiary/aromatic N) is 5. The lowest BCUT2D eigenvalue weighted by Crippen LogP contribution is -2.47. The average Bonchev–Trinajstić information content (AvgIpc) is 3.25. The molecule has 11 heteroatoms. The summed E-state index contributed by atoms with van der Waals surface area (Å²) in [6.07, 6.45) is 0.357. The second kappa shape index (κ2) is 10.4. The quantitative estimate of drug-likeness (QED) is 0.605. The minimum Gasteiger partial charge on any atom is -0.383 e. The van der Waals surface area contributed by atoms with E-state index in [2.05, 4.69) is 33.6 Å². The maximum absolute atomic E-state index is 12.7. The van der Waals surface area contributed by atoms with Crippen LogP contribution < -0.4 is 10.2 Å². The Hall–Kier alpha value is -2.14. The van der Waals surface area contributed by atoms with Gasteiger partial charge >= 0.3 is 6.18 Å². The van der Waals surface area contributed by atoms with Crippen LogP contribution in [0.4, 0.5) is 18.3 Å². The molecule has 1 N–H and O–H groups in total. The van der Waals surface area contributed by atoms with Crippen molar-refractivity contribution in [3.63, 3.8) is 0 Å². The van der Waals surface area contributed by atoms with E-state index in [1.807, 2.05) is 9.80 Å². The molecule has 7 nitrogen and oxygen atoms in total. The van der Waals surface area contributed by atoms with Crippen LogP contribution in [0.15, 0.2) is 24.9 Å². The van der Waals surface area contributed by atoms with E-state index in [9.17, 15) is 18.0 Å². The summed E-state index contributed by atoms with van der Waals surface area (Å²) in [6, 6.07) is 0.339. The van der Waals surface area contributed by atoms with Gasteiger partial charge in [0.2, 0.25) is 16.0 Å². The van der Waals surface area contributed by atoms with Gasteiger partial charge in [-0.25, -0.2) is 0 Å². The monoisotopic (exact) mass is 458 g/mol. The fourth-order valence-electron chi connectivity index (χ4n) is 3.83. The lowest BCUT2D eigenvalue weighted by Gasteiger charge is -2.35. The molecule has 3 heterocycles. The van der Waals surface area contributed by atoms with E-state index in [0.29, 0.717) is 42.0 Å². The SMILES string of the molecule is C=CC(=C)NC1CCN(C(=O)CCCN2CCN(c3nnc(C(F)(F)F)s3)CC2)CC1. The third-order valence-corrected chi connectivity index (χ3v) is 6.68. The Kier molecular flexibility index (Phi) is 7.93. The number of hydrogen-bond acceptors (Lipinski definition) is 7. The number of amides is 1. The second-order valence-electron chi connectivity index (χ2n) is 7.85. The third kappa shape index (κ3) is 6.67. The molecule has 0 aliphatic carbocycles. The van der Waals surface area contributed by atoms with E-state index in [4.69, 9.17) is 0 Å². The summed E-state index contributed by atoms with van der Waals surface area (Å²) in [7, 11) is 0. The van der Waals surface area contributed by atoms with Crippen LogP contribution in [0.5, 0.6) is 0 Å². The van der Waals surface area contributed by atoms with Gasteiger partial charge < -0.3 is 15.1 Å². The number of alkyl halides is 3. The predicted octanol–water partition coefficient (Wildman–Crippen LogP) is 2.74. The Morgan fingerprint density at radius 3 is 2.42 bits per heavy atom. The number of piperidine rings is 1. The van der Waals surface area contributed by atoms with Gasteiger partial charge in [0.25, 0.3) is 0 Å². The van der Waals surface area contributed by atoms with Crippen molar-refractivity contribution in [1.82, 2.24) is 25.3 Å². The molecule has 172 valence electrons. The predicted molar refractivity (Wildman–Crippen MR) is 115 cm³/mol. The second-order valence-corrected chi connectivity index (χ2v) is 8.80. The van der Waals surface area contributed by atoms with E-state index < -0.39 is 11.2 Å². The van der Waals surface area contributed by atoms with Gasteiger partial charge in [-0.05, 0) is 31.9 Å². The largest absolute Gasteiger partial charge is 0.445 e. The molecule has 0 spiro atoms. The molecule has 0 atom stereocenters. The highest BCUT2D eigenvalue weighted by Crippen LogP contribution is 2.34. The molecule has 0 radical (unpaired) electrons. The van der Waals surface area contributed by atoms with Gasteiger partial charge in [0.15, 0.2) is 0 Å². The van der Waals surface area contributed by atoms with Crippen molar-refractivity contribution < 1.29 is 18.0 Å². The number of allylic oxidation sites excluding steroid dienone is 1. The maximum atomic E-state index is 12.7. The molecule has 1 aromatic heterocycles. The molecule has 0 saturated carbocycles. The minimum absolute atomic E-state index is 0.188. The van der Waals surface area contributed by atoms with Crippen LogP contribution in [-0.2, 0) is 11.0 Å². The van der Waals surface area contributed by atoms with E-state index in [0.717, 1.165) is 57.7 Å². The lowest BCUT2D eigenvalue weighted by molar-refractivity contribution is -0.138. The van der Waals surface area contributed by atoms with Crippen molar-refractivity contribution in [3.05, 3.63) is 29.9 Å². The number of piperazine rings is 1. The zero-order valence-electron chi connectivity index (χ0n) is 17.5. The highest BCUT2D eigenvalue weighted by Gasteiger charge is 2.36. The van der Waals surface area contributed by atoms with Crippen molar-refractivity contribution in [2.24, 2.45) is 0 Å². The van der Waals surface area contributed by atoms with Gasteiger partial charge in [-0.1, -0.05) is 24.5 Å². The lowest BCUT2D eigenvalue weighted by atomic mass is 10.0. The number of rotatable bonds is 8. The number of hydrogen-bond donors (Lipinski definition) is 1. The highest BCUT2D eigenvalue weighted by atomic mass is 32.1. The summed E-state index contributed by atoms with van der Waals surface area (Å²) in [6.45, 7) is 12.6. The van der Waals surface area contributed by atoms with Gasteiger partial charge in [0, 0.05) is 57.4 Å². The molecular formula is C20H29F3N6OS. The molecule has 1 aromatic rings. The van der Waals surface area contributed by atoms with Crippen LogP contribution in [-0.4, -0.2) is 77.8 Å². The minimum atomic E-state index is -4.45. The van der Waals surface area contributed by atoms with Crippen molar-refractivity contribution in [3.8, 4) is 0 Å². The Balaban J connectivity index is 1.32. The van der Waals surface area contributed by atoms with Crippen molar-refractivity contribution in [2.45, 2.75) is 37.9 Å². The van der Waals surface area contributed by atoms with Crippen molar-refractivity contribution in [1.29, 1.82) is 0 Å². The molecule has 31 heavy (non-hydrogen) atoms. The first-order chi connectivity index (χ1) is 14.8. The van der Waals surface area contributed by atoms with Crippen LogP contribution in [0.2, 0.25) is 0 Å². The molecule has 0 aromatic carbocycles. The average molecular weight is 459 g/mol. The highest BCUT2D eigenvalue weighted by molar-refractivity contribution is 7.15. The normalized spacial score (nSPS) is 18.8. The fourth-order valence-corrected chi connectivity index (χ4v) is 4.59. The summed E-state index contributed by atoms with van der Waals surface area (Å²) in [5.74, 6) is 0.188. The summed E-state index contributed by atoms with van der Waals surface area (Å²) >= 11 is 0.585. The number of likely N-dealkylation sites (tertiary alicyclic amines) is 1. The van der Waals surface area contributed by atoms with Gasteiger partial charge in [-0.3, -0.25) is 9.69 Å². The number of nitrogens with one attached hydrogen (secondary N) is 1. The van der Waals surface area contributed by atoms with Crippen LogP contribution in [0, 0.1) is 0 Å². The van der Waals surface area contributed by atoms with Crippen LogP contribution >= 0.6 is 11.3 Å². The first kappa shape index (κ1) is 23.5. The van der Waals surface area contributed by atoms with Gasteiger partial charge in [0.05, 0.1) is 0 Å². The molecule has 2 aliphatic heterocycles. The van der Waals surface area contributed by atoms with Gasteiger partial charge in [-0.2, -0.15) is 13.2 Å². The molecule has 2 fully saturated rings. The van der Waals surface area contributed by atoms with Crippen molar-refractivity contribution >= 4 is 22.4 Å². The summed E-state index contributed by atoms with van der Waals surface area (Å²) in [5, 5.41) is 9.66. The summed E-state index contributed by atoms with van der Waals surface area (Å²) in [4.78, 5) is 18.5. The number of carbonyl (C=O) groups is 1. The molecule has 2 aliphatic rings. The van der Waals surface area contributed by atoms with Crippen molar-refractivity contribution in [2.75, 3.05) is 50.7 Å². The van der Waals surface area contributed by atoms with E-state index in [1.165, 1.54) is 0 Å². The zero-order valence-corrected chi connectivity index (χ0v) is 18.4. The summed E-state index contributed by atoms with van der Waals surface area (Å²) in [5.41, 5.74) is 0.816. The number of aromatic nitrogens is 2. The van der Waals surface area contributed by atoms with Gasteiger partial charge in [0.1, 0.15) is 0 Å². The number of carbonyl (C=O) groups excluding carboxylic acids is 1. The smallest absolute Gasteiger partial charge is 0.383 e. The summed E-state index contributed by atoms with van der Waals surface area (Å²) < 4.78 is 38.1. The Morgan fingerprint density at radius 1 is 1.16 bits per heavy atom. The molecule has 2 saturated heterocycles. The fraction of sp³-hybridized carbons (Fsp3) is 0.650. The number of anilines is 1. The van der Waals surface area contributed by atoms with E-state index >= 15 is 0 Å². The molecular weight excluding hydrogens is 429 g/mol. The van der Waals surface area contributed by atoms with Crippen LogP contribution in [0.3, 0.4) is 0 Å². The maximum Gasteiger partial charge on any atom is 0.445 e. The standard InChI is InChI=1S/C20H29F3N6OS/c1-3-15(2)24-16-6-9-28(10-7-16)17(30)5-4-8-27-11-13-29(14-12-27)19-26-25-18(31-19)20(21,22)23/h3,16,24H,1-2,4-14H2. The molecule has 1 amide bonds. The Labute approximate surface area is 184 Å². The molecule has 3 rings (SSSR count). The topological polar surface area (TPSA) is 64.6 Å². The zero-order chi connectivity index (χ0) is 22.4. The van der Waals surface area contributed by atoms with Crippen LogP contribution in [0.1, 0.15) is 30.7 Å². The van der Waals surface area contributed by atoms with Crippen LogP contribution in [0.25, 0.3) is 0 Å². The Bertz CT molecular complexity index is 767. The first-order valence-electron chi connectivity index (χ1n) is 10.5. The van der Waals surface area contributed by atoms with Gasteiger partial charge in [-0.15, -0.1) is 10.2 Å². The Morgan fingerprint density at radius 2 is 1.84 bits per heavy atom.